The third-order valence-electron chi connectivity index (χ3n) is 5.65. The van der Waals surface area contributed by atoms with Crippen LogP contribution in [0.3, 0.4) is 0 Å². The topological polar surface area (TPSA) is 63.3 Å². The van der Waals surface area contributed by atoms with Gasteiger partial charge in [-0.1, -0.05) is 61.5 Å². The van der Waals surface area contributed by atoms with Crippen molar-refractivity contribution >= 4 is 5.97 Å². The molecule has 1 heterocycles. The molecule has 1 fully saturated rings. The van der Waals surface area contributed by atoms with E-state index >= 15 is 0 Å². The van der Waals surface area contributed by atoms with Gasteiger partial charge in [0.15, 0.2) is 11.7 Å². The number of rotatable bonds is 5. The van der Waals surface area contributed by atoms with Gasteiger partial charge in [-0.3, -0.25) is 4.79 Å². The molecule has 1 N–H and O–H groups in total. The Morgan fingerprint density at radius 3 is 2.19 bits per heavy atom. The molecule has 0 amide bonds. The number of aromatic nitrogens is 1. The quantitative estimate of drug-likeness (QED) is 0.704. The second-order valence-corrected chi connectivity index (χ2v) is 6.93. The lowest BCUT2D eigenvalue weighted by atomic mass is 9.94. The van der Waals surface area contributed by atoms with Crippen LogP contribution in [0.1, 0.15) is 42.2 Å². The molecule has 0 bridgehead atoms. The summed E-state index contributed by atoms with van der Waals surface area (Å²) in [5.41, 5.74) is 2.37. The summed E-state index contributed by atoms with van der Waals surface area (Å²) in [6.07, 6.45) is 2.32. The van der Waals surface area contributed by atoms with Gasteiger partial charge in [-0.05, 0) is 17.5 Å². The fourth-order valence-corrected chi connectivity index (χ4v) is 4.29. The lowest BCUT2D eigenvalue weighted by Crippen LogP contribution is -2.17. The van der Waals surface area contributed by atoms with Crippen LogP contribution in [-0.4, -0.2) is 16.1 Å². The van der Waals surface area contributed by atoms with Gasteiger partial charge >= 0.3 is 5.97 Å². The van der Waals surface area contributed by atoms with Crippen molar-refractivity contribution in [2.45, 2.75) is 32.1 Å². The van der Waals surface area contributed by atoms with Gasteiger partial charge in [0, 0.05) is 24.3 Å². The van der Waals surface area contributed by atoms with Crippen molar-refractivity contribution in [1.29, 1.82) is 0 Å². The zero-order chi connectivity index (χ0) is 18.3. The summed E-state index contributed by atoms with van der Waals surface area (Å²) in [7, 11) is 0. The molecule has 1 aliphatic rings. The Morgan fingerprint density at radius 1 is 1.08 bits per heavy atom. The summed E-state index contributed by atoms with van der Waals surface area (Å²) < 4.78 is 5.57. The van der Waals surface area contributed by atoms with Gasteiger partial charge in [0.1, 0.15) is 0 Å². The van der Waals surface area contributed by atoms with E-state index in [-0.39, 0.29) is 11.8 Å². The average molecular weight is 347 g/mol. The van der Waals surface area contributed by atoms with E-state index in [2.05, 4.69) is 4.98 Å². The molecular formula is C22H21NO3. The van der Waals surface area contributed by atoms with E-state index in [0.717, 1.165) is 22.5 Å². The monoisotopic (exact) mass is 347 g/mol. The van der Waals surface area contributed by atoms with Crippen LogP contribution in [0.25, 0.3) is 11.3 Å². The smallest absolute Gasteiger partial charge is 0.310 e. The van der Waals surface area contributed by atoms with Gasteiger partial charge in [-0.2, -0.15) is 0 Å². The molecule has 0 unspecified atom stereocenters. The second-order valence-electron chi connectivity index (χ2n) is 6.93. The summed E-state index contributed by atoms with van der Waals surface area (Å²) in [5.74, 6) is 0.631. The van der Waals surface area contributed by atoms with Crippen LogP contribution < -0.4 is 0 Å². The Balaban J connectivity index is 1.70. The number of aryl methyl sites for hydroxylation is 1. The predicted octanol–water partition coefficient (Wildman–Crippen LogP) is 5.01. The van der Waals surface area contributed by atoms with Crippen LogP contribution in [0.15, 0.2) is 65.2 Å². The molecule has 4 nitrogen and oxygen atoms in total. The van der Waals surface area contributed by atoms with Gasteiger partial charge < -0.3 is 9.52 Å². The van der Waals surface area contributed by atoms with Crippen molar-refractivity contribution in [3.63, 3.8) is 0 Å². The van der Waals surface area contributed by atoms with Crippen molar-refractivity contribution in [3.8, 4) is 11.3 Å². The highest BCUT2D eigenvalue weighted by Crippen LogP contribution is 2.72. The molecule has 4 rings (SSSR count). The number of nitrogens with zero attached hydrogens (tertiary/aromatic N) is 1. The minimum atomic E-state index is -0.730. The second kappa shape index (κ2) is 6.13. The maximum atomic E-state index is 12.1. The molecule has 1 aliphatic carbocycles. The number of hydrogen-bond acceptors (Lipinski definition) is 3. The first-order chi connectivity index (χ1) is 12.6. The molecule has 4 heteroatoms. The first-order valence-electron chi connectivity index (χ1n) is 8.89. The molecule has 3 aromatic rings. The third kappa shape index (κ3) is 2.45. The van der Waals surface area contributed by atoms with E-state index in [0.29, 0.717) is 12.3 Å². The standard InChI is InChI=1S/C22H21NO3/c1-3-22(21(24)25)19(16-7-5-4-6-8-16)20(22)17-11-9-15(10-12-17)18-13-23-14(2)26-18/h4-13,19-20H,3H2,1-2H3,(H,24,25)/t19-,20-,22+/m0/s1. The molecule has 0 aliphatic heterocycles. The van der Waals surface area contributed by atoms with Crippen LogP contribution in [0.5, 0.6) is 0 Å². The van der Waals surface area contributed by atoms with Crippen molar-refractivity contribution in [2.24, 2.45) is 5.41 Å². The first kappa shape index (κ1) is 16.6. The molecule has 132 valence electrons. The average Bonchev–Trinajstić information content (AvgIpc) is 3.19. The molecule has 3 atom stereocenters. The van der Waals surface area contributed by atoms with E-state index < -0.39 is 11.4 Å². The number of carboxylic acids is 1. The zero-order valence-electron chi connectivity index (χ0n) is 14.8. The number of carboxylic acid groups (broad SMARTS) is 1. The lowest BCUT2D eigenvalue weighted by Gasteiger charge is -2.10. The van der Waals surface area contributed by atoms with Crippen LogP contribution in [0, 0.1) is 12.3 Å². The summed E-state index contributed by atoms with van der Waals surface area (Å²) in [6, 6.07) is 18.0. The Morgan fingerprint density at radius 2 is 1.69 bits per heavy atom. The zero-order valence-corrected chi connectivity index (χ0v) is 14.8. The van der Waals surface area contributed by atoms with Crippen LogP contribution in [0.2, 0.25) is 0 Å². The number of carbonyl (C=O) groups is 1. The van der Waals surface area contributed by atoms with Crippen molar-refractivity contribution in [1.82, 2.24) is 4.98 Å². The molecule has 0 spiro atoms. The Bertz CT molecular complexity index is 930. The molecule has 1 saturated carbocycles. The van der Waals surface area contributed by atoms with Crippen molar-refractivity contribution in [2.75, 3.05) is 0 Å². The highest BCUT2D eigenvalue weighted by molar-refractivity contribution is 5.84. The normalized spacial score (nSPS) is 24.4. The van der Waals surface area contributed by atoms with E-state index in [1.807, 2.05) is 68.4 Å². The Labute approximate surface area is 152 Å². The predicted molar refractivity (Wildman–Crippen MR) is 99.0 cm³/mol. The number of hydrogen-bond donors (Lipinski definition) is 1. The van der Waals surface area contributed by atoms with Crippen LogP contribution in [0.4, 0.5) is 0 Å². The summed E-state index contributed by atoms with van der Waals surface area (Å²) >= 11 is 0. The molecule has 1 aromatic heterocycles. The van der Waals surface area contributed by atoms with Gasteiger partial charge in [0.2, 0.25) is 0 Å². The Kier molecular flexibility index (Phi) is 3.91. The van der Waals surface area contributed by atoms with E-state index in [9.17, 15) is 9.90 Å². The van der Waals surface area contributed by atoms with Crippen molar-refractivity contribution < 1.29 is 14.3 Å². The van der Waals surface area contributed by atoms with Gasteiger partial charge in [-0.15, -0.1) is 0 Å². The summed E-state index contributed by atoms with van der Waals surface area (Å²) in [6.45, 7) is 3.78. The van der Waals surface area contributed by atoms with Gasteiger partial charge in [0.05, 0.1) is 11.6 Å². The van der Waals surface area contributed by atoms with E-state index in [1.54, 1.807) is 6.20 Å². The van der Waals surface area contributed by atoms with Crippen molar-refractivity contribution in [3.05, 3.63) is 77.8 Å². The molecule has 0 radical (unpaired) electrons. The number of oxazole rings is 1. The highest BCUT2D eigenvalue weighted by Gasteiger charge is 2.69. The highest BCUT2D eigenvalue weighted by atomic mass is 16.4. The Hall–Kier alpha value is -2.88. The molecular weight excluding hydrogens is 326 g/mol. The van der Waals surface area contributed by atoms with E-state index in [4.69, 9.17) is 4.42 Å². The number of aliphatic carboxylic acids is 1. The largest absolute Gasteiger partial charge is 0.481 e. The maximum Gasteiger partial charge on any atom is 0.310 e. The minimum Gasteiger partial charge on any atom is -0.481 e. The van der Waals surface area contributed by atoms with Crippen LogP contribution in [-0.2, 0) is 4.79 Å². The SMILES string of the molecule is CC[C@@]1(C(=O)O)[C@@H](c2ccccc2)[C@@H]1c1ccc(-c2cnc(C)o2)cc1. The summed E-state index contributed by atoms with van der Waals surface area (Å²) in [4.78, 5) is 16.3. The lowest BCUT2D eigenvalue weighted by molar-refractivity contribution is -0.143. The summed E-state index contributed by atoms with van der Waals surface area (Å²) in [5, 5.41) is 9.98. The van der Waals surface area contributed by atoms with E-state index in [1.165, 1.54) is 0 Å². The van der Waals surface area contributed by atoms with Gasteiger partial charge in [-0.25, -0.2) is 4.98 Å². The third-order valence-corrected chi connectivity index (χ3v) is 5.65. The van der Waals surface area contributed by atoms with Gasteiger partial charge in [0.25, 0.3) is 0 Å². The maximum absolute atomic E-state index is 12.1. The number of benzene rings is 2. The van der Waals surface area contributed by atoms with Crippen LogP contribution >= 0.6 is 0 Å². The molecule has 2 aromatic carbocycles. The first-order valence-corrected chi connectivity index (χ1v) is 8.89. The fraction of sp³-hybridized carbons (Fsp3) is 0.273. The molecule has 26 heavy (non-hydrogen) atoms. The minimum absolute atomic E-state index is 0.00424. The molecule has 0 saturated heterocycles. The fourth-order valence-electron chi connectivity index (χ4n) is 4.29.